The van der Waals surface area contributed by atoms with Crippen LogP contribution in [0.4, 0.5) is 0 Å². The number of carbonyl (C=O) groups excluding carboxylic acids is 1. The maximum absolute atomic E-state index is 11.7. The van der Waals surface area contributed by atoms with Crippen molar-refractivity contribution in [2.75, 3.05) is 13.7 Å². The van der Waals surface area contributed by atoms with Crippen molar-refractivity contribution in [3.63, 3.8) is 0 Å². The topological polar surface area (TPSA) is 88.5 Å². The molecule has 1 aromatic rings. The minimum Gasteiger partial charge on any atom is -0.480 e. The highest BCUT2D eigenvalue weighted by atomic mass is 16.5. The number of carboxylic acids is 1. The van der Waals surface area contributed by atoms with Crippen LogP contribution in [-0.4, -0.2) is 41.7 Å². The zero-order valence-electron chi connectivity index (χ0n) is 11.5. The van der Waals surface area contributed by atoms with Gasteiger partial charge in [0.25, 0.3) is 0 Å². The van der Waals surface area contributed by atoms with Gasteiger partial charge in [0.15, 0.2) is 0 Å². The van der Waals surface area contributed by atoms with Crippen LogP contribution >= 0.6 is 0 Å². The van der Waals surface area contributed by atoms with Gasteiger partial charge in [0.1, 0.15) is 6.04 Å². The van der Waals surface area contributed by atoms with E-state index in [0.717, 1.165) is 5.56 Å². The Labute approximate surface area is 118 Å². The fourth-order valence-electron chi connectivity index (χ4n) is 1.76. The summed E-state index contributed by atoms with van der Waals surface area (Å²) in [6.07, 6.45) is 5.11. The third-order valence-corrected chi connectivity index (χ3v) is 2.84. The molecule has 0 aliphatic rings. The molecule has 1 amide bonds. The Morgan fingerprint density at radius 3 is 2.90 bits per heavy atom. The molecule has 0 saturated carbocycles. The van der Waals surface area contributed by atoms with Gasteiger partial charge in [-0.2, -0.15) is 0 Å². The number of methoxy groups -OCH3 is 1. The first-order valence-corrected chi connectivity index (χ1v) is 6.53. The lowest BCUT2D eigenvalue weighted by Crippen LogP contribution is -2.41. The standard InChI is InChI=1S/C14H20N2O4/c1-20-9-3-5-12(14(18)19)16-13(17)7-6-11-4-2-8-15-10-11/h2,4,8,10,12H,3,5-7,9H2,1H3,(H,16,17)(H,18,19). The van der Waals surface area contributed by atoms with Gasteiger partial charge >= 0.3 is 5.97 Å². The third-order valence-electron chi connectivity index (χ3n) is 2.84. The summed E-state index contributed by atoms with van der Waals surface area (Å²) >= 11 is 0. The van der Waals surface area contributed by atoms with Gasteiger partial charge in [-0.15, -0.1) is 0 Å². The van der Waals surface area contributed by atoms with Crippen molar-refractivity contribution in [1.29, 1.82) is 0 Å². The molecular weight excluding hydrogens is 260 g/mol. The van der Waals surface area contributed by atoms with E-state index in [1.807, 2.05) is 6.07 Å². The van der Waals surface area contributed by atoms with Crippen LogP contribution in [0, 0.1) is 0 Å². The highest BCUT2D eigenvalue weighted by Crippen LogP contribution is 2.03. The Morgan fingerprint density at radius 1 is 1.50 bits per heavy atom. The second kappa shape index (κ2) is 9.03. The number of carboxylic acid groups (broad SMARTS) is 1. The van der Waals surface area contributed by atoms with Crippen molar-refractivity contribution in [3.05, 3.63) is 30.1 Å². The van der Waals surface area contributed by atoms with Crippen LogP contribution in [0.1, 0.15) is 24.8 Å². The van der Waals surface area contributed by atoms with Crippen LogP contribution in [0.3, 0.4) is 0 Å². The largest absolute Gasteiger partial charge is 0.480 e. The van der Waals surface area contributed by atoms with Gasteiger partial charge in [-0.05, 0) is 30.9 Å². The van der Waals surface area contributed by atoms with E-state index in [2.05, 4.69) is 10.3 Å². The molecule has 1 aromatic heterocycles. The van der Waals surface area contributed by atoms with Gasteiger partial charge in [0, 0.05) is 32.5 Å². The van der Waals surface area contributed by atoms with Gasteiger partial charge in [-0.1, -0.05) is 6.07 Å². The monoisotopic (exact) mass is 280 g/mol. The van der Waals surface area contributed by atoms with E-state index in [-0.39, 0.29) is 12.3 Å². The summed E-state index contributed by atoms with van der Waals surface area (Å²) in [4.78, 5) is 26.7. The van der Waals surface area contributed by atoms with Gasteiger partial charge in [-0.25, -0.2) is 4.79 Å². The molecule has 1 atom stereocenters. The molecule has 110 valence electrons. The molecule has 0 fully saturated rings. The SMILES string of the molecule is COCCCC(NC(=O)CCc1cccnc1)C(=O)O. The molecule has 0 saturated heterocycles. The molecule has 1 rings (SSSR count). The van der Waals surface area contributed by atoms with E-state index < -0.39 is 12.0 Å². The van der Waals surface area contributed by atoms with E-state index >= 15 is 0 Å². The molecule has 2 N–H and O–H groups in total. The first-order chi connectivity index (χ1) is 9.63. The predicted molar refractivity (Wildman–Crippen MR) is 73.2 cm³/mol. The van der Waals surface area contributed by atoms with E-state index in [4.69, 9.17) is 9.84 Å². The number of aryl methyl sites for hydroxylation is 1. The number of amides is 1. The van der Waals surface area contributed by atoms with Crippen molar-refractivity contribution in [2.24, 2.45) is 0 Å². The first kappa shape index (κ1) is 16.1. The maximum Gasteiger partial charge on any atom is 0.326 e. The van der Waals surface area contributed by atoms with Crippen LogP contribution in [-0.2, 0) is 20.7 Å². The average Bonchev–Trinajstić information content (AvgIpc) is 2.45. The molecule has 6 nitrogen and oxygen atoms in total. The van der Waals surface area contributed by atoms with Gasteiger partial charge in [-0.3, -0.25) is 9.78 Å². The summed E-state index contributed by atoms with van der Waals surface area (Å²) in [6, 6.07) is 2.83. The molecule has 0 spiro atoms. The van der Waals surface area contributed by atoms with Crippen LogP contribution < -0.4 is 5.32 Å². The summed E-state index contributed by atoms with van der Waals surface area (Å²) in [5, 5.41) is 11.6. The molecule has 0 bridgehead atoms. The smallest absolute Gasteiger partial charge is 0.326 e. The van der Waals surface area contributed by atoms with Crippen LogP contribution in [0.2, 0.25) is 0 Å². The molecule has 20 heavy (non-hydrogen) atoms. The molecule has 0 aromatic carbocycles. The predicted octanol–water partition coefficient (Wildman–Crippen LogP) is 1.01. The number of nitrogens with zero attached hydrogens (tertiary/aromatic N) is 1. The van der Waals surface area contributed by atoms with Crippen LogP contribution in [0.15, 0.2) is 24.5 Å². The fraction of sp³-hybridized carbons (Fsp3) is 0.500. The molecule has 0 aliphatic carbocycles. The highest BCUT2D eigenvalue weighted by molar-refractivity contribution is 5.83. The minimum absolute atomic E-state index is 0.250. The maximum atomic E-state index is 11.7. The van der Waals surface area contributed by atoms with Crippen molar-refractivity contribution in [1.82, 2.24) is 10.3 Å². The summed E-state index contributed by atoms with van der Waals surface area (Å²) in [5.41, 5.74) is 0.953. The lowest BCUT2D eigenvalue weighted by molar-refractivity contribution is -0.142. The Kier molecular flexibility index (Phi) is 7.27. The summed E-state index contributed by atoms with van der Waals surface area (Å²) in [7, 11) is 1.56. The van der Waals surface area contributed by atoms with Crippen molar-refractivity contribution < 1.29 is 19.4 Å². The number of nitrogens with one attached hydrogen (secondary N) is 1. The van der Waals surface area contributed by atoms with Gasteiger partial charge in [0.05, 0.1) is 0 Å². The first-order valence-electron chi connectivity index (χ1n) is 6.53. The summed E-state index contributed by atoms with van der Waals surface area (Å²) in [6.45, 7) is 0.481. The number of ether oxygens (including phenoxy) is 1. The molecule has 0 radical (unpaired) electrons. The Morgan fingerprint density at radius 2 is 2.30 bits per heavy atom. The number of aliphatic carboxylic acids is 1. The number of hydrogen-bond acceptors (Lipinski definition) is 4. The van der Waals surface area contributed by atoms with Crippen molar-refractivity contribution in [3.8, 4) is 0 Å². The van der Waals surface area contributed by atoms with E-state index in [1.54, 1.807) is 25.6 Å². The zero-order chi connectivity index (χ0) is 14.8. The number of pyridine rings is 1. The normalized spacial score (nSPS) is 11.8. The van der Waals surface area contributed by atoms with E-state index in [9.17, 15) is 9.59 Å². The second-order valence-electron chi connectivity index (χ2n) is 4.45. The number of rotatable bonds is 9. The molecular formula is C14H20N2O4. The van der Waals surface area contributed by atoms with E-state index in [0.29, 0.717) is 25.9 Å². The second-order valence-corrected chi connectivity index (χ2v) is 4.45. The fourth-order valence-corrected chi connectivity index (χ4v) is 1.76. The van der Waals surface area contributed by atoms with Crippen LogP contribution in [0.5, 0.6) is 0 Å². The zero-order valence-corrected chi connectivity index (χ0v) is 11.5. The van der Waals surface area contributed by atoms with Crippen LogP contribution in [0.25, 0.3) is 0 Å². The molecule has 1 unspecified atom stereocenters. The highest BCUT2D eigenvalue weighted by Gasteiger charge is 2.19. The van der Waals surface area contributed by atoms with Crippen molar-refractivity contribution in [2.45, 2.75) is 31.7 Å². The third kappa shape index (κ3) is 6.29. The van der Waals surface area contributed by atoms with Gasteiger partial charge in [0.2, 0.25) is 5.91 Å². The summed E-state index contributed by atoms with van der Waals surface area (Å²) in [5.74, 6) is -1.28. The van der Waals surface area contributed by atoms with E-state index in [1.165, 1.54) is 0 Å². The Balaban J connectivity index is 2.36. The molecule has 1 heterocycles. The average molecular weight is 280 g/mol. The number of hydrogen-bond donors (Lipinski definition) is 2. The lowest BCUT2D eigenvalue weighted by atomic mass is 10.1. The quantitative estimate of drug-likeness (QED) is 0.659. The molecule has 6 heteroatoms. The van der Waals surface area contributed by atoms with Gasteiger partial charge < -0.3 is 15.2 Å². The Bertz CT molecular complexity index is 422. The Hall–Kier alpha value is -1.95. The van der Waals surface area contributed by atoms with Crippen molar-refractivity contribution >= 4 is 11.9 Å². The molecule has 0 aliphatic heterocycles. The lowest BCUT2D eigenvalue weighted by Gasteiger charge is -2.14. The number of aromatic nitrogens is 1. The summed E-state index contributed by atoms with van der Waals surface area (Å²) < 4.78 is 4.87. The number of carbonyl (C=O) groups is 2. The minimum atomic E-state index is -1.02.